The Morgan fingerprint density at radius 3 is 0.912 bits per heavy atom. The van der Waals surface area contributed by atoms with Gasteiger partial charge in [-0.15, -0.1) is 0 Å². The minimum Gasteiger partial charge on any atom is -0.462 e. The molecule has 17 nitrogen and oxygen atoms in total. The van der Waals surface area contributed by atoms with Crippen molar-refractivity contribution in [2.45, 2.75) is 290 Å². The topological polar surface area (TPSA) is 237 Å². The summed E-state index contributed by atoms with van der Waals surface area (Å²) < 4.78 is 68.3. The van der Waals surface area contributed by atoms with Crippen LogP contribution in [0.5, 0.6) is 0 Å². The molecule has 102 heavy (non-hydrogen) atoms. The number of esters is 4. The van der Waals surface area contributed by atoms with Gasteiger partial charge in [0.1, 0.15) is 19.3 Å². The van der Waals surface area contributed by atoms with Gasteiger partial charge in [-0.05, 0) is 128 Å². The molecule has 5 unspecified atom stereocenters. The average molecular weight is 1470 g/mol. The number of carbonyl (C=O) groups is 4. The first-order valence-electron chi connectivity index (χ1n) is 38.4. The van der Waals surface area contributed by atoms with Crippen LogP contribution in [0.3, 0.4) is 0 Å². The second-order valence-corrected chi connectivity index (χ2v) is 27.7. The summed E-state index contributed by atoms with van der Waals surface area (Å²) in [5.74, 6) is -2.43. The van der Waals surface area contributed by atoms with Gasteiger partial charge in [-0.25, -0.2) is 9.13 Å². The number of aliphatic hydroxyl groups is 1. The molecule has 0 aliphatic rings. The van der Waals surface area contributed by atoms with Gasteiger partial charge in [0, 0.05) is 19.3 Å². The molecule has 0 aromatic rings. The van der Waals surface area contributed by atoms with Crippen LogP contribution < -0.4 is 0 Å². The smallest absolute Gasteiger partial charge is 0.462 e. The molecule has 0 rings (SSSR count). The van der Waals surface area contributed by atoms with Crippen LogP contribution in [-0.4, -0.2) is 96.7 Å². The molecule has 0 aromatic heterocycles. The maximum absolute atomic E-state index is 13.1. The third-order valence-corrected chi connectivity index (χ3v) is 17.1. The maximum atomic E-state index is 13.1. The molecular weight excluding hydrogens is 1330 g/mol. The lowest BCUT2D eigenvalue weighted by molar-refractivity contribution is -0.161. The number of ether oxygens (including phenoxy) is 4. The van der Waals surface area contributed by atoms with Crippen LogP contribution in [0.2, 0.25) is 0 Å². The first kappa shape index (κ1) is 96.4. The van der Waals surface area contributed by atoms with Gasteiger partial charge in [0.15, 0.2) is 12.2 Å². The van der Waals surface area contributed by atoms with Crippen molar-refractivity contribution >= 4 is 39.5 Å². The zero-order valence-electron chi connectivity index (χ0n) is 63.0. The highest BCUT2D eigenvalue weighted by molar-refractivity contribution is 7.47. The van der Waals surface area contributed by atoms with E-state index in [0.717, 1.165) is 135 Å². The van der Waals surface area contributed by atoms with Crippen LogP contribution in [0, 0.1) is 0 Å². The third kappa shape index (κ3) is 72.8. The fraction of sp³-hybridized carbons (Fsp3) is 0.614. The Balaban J connectivity index is 5.50. The number of phosphoric acid groups is 2. The summed E-state index contributed by atoms with van der Waals surface area (Å²) >= 11 is 0. The van der Waals surface area contributed by atoms with E-state index in [4.69, 9.17) is 37.0 Å². The zero-order valence-corrected chi connectivity index (χ0v) is 64.8. The molecular formula is C83H134O17P2. The number of aliphatic hydroxyl groups excluding tert-OH is 1. The number of unbranched alkanes of at least 4 members (excludes halogenated alkanes) is 17. The lowest BCUT2D eigenvalue weighted by Gasteiger charge is -2.21. The highest BCUT2D eigenvalue weighted by Crippen LogP contribution is 2.45. The lowest BCUT2D eigenvalue weighted by Crippen LogP contribution is -2.30. The molecule has 0 fully saturated rings. The van der Waals surface area contributed by atoms with E-state index in [1.54, 1.807) is 12.2 Å². The SMILES string of the molecule is CC/C=C\C/C=C\C/C=C\C/C=C\C/C=C\CCCC(=O)OCC(COP(=O)(O)OCC(O)COP(=O)(O)OCC(COC(=O)CCCCCC/C=C\C/C=C\C/C=C\C/C=C\CC)OC(=O)C/C=C\C/C=C\C/C=C\C/C=C\C/C=C\CC)OC(=O)CCCCCCCCCCCCCCC. The number of rotatable bonds is 70. The molecule has 19 heteroatoms. The van der Waals surface area contributed by atoms with Crippen LogP contribution in [0.15, 0.2) is 170 Å². The Labute approximate surface area is 616 Å². The number of phosphoric ester groups is 2. The molecule has 0 aliphatic heterocycles. The van der Waals surface area contributed by atoms with Crippen molar-refractivity contribution < 1.29 is 80.2 Å². The summed E-state index contributed by atoms with van der Waals surface area (Å²) in [6.07, 6.45) is 86.7. The van der Waals surface area contributed by atoms with Gasteiger partial charge in [-0.2, -0.15) is 0 Å². The molecule has 0 bridgehead atoms. The quantitative estimate of drug-likeness (QED) is 0.0169. The normalized spacial score (nSPS) is 14.9. The predicted molar refractivity (Wildman–Crippen MR) is 417 cm³/mol. The second kappa shape index (κ2) is 73.7. The van der Waals surface area contributed by atoms with Crippen LogP contribution in [-0.2, 0) is 65.4 Å². The Kier molecular flexibility index (Phi) is 69.7. The summed E-state index contributed by atoms with van der Waals surface area (Å²) in [4.78, 5) is 72.8. The second-order valence-electron chi connectivity index (χ2n) is 24.8. The van der Waals surface area contributed by atoms with E-state index in [2.05, 4.69) is 161 Å². The van der Waals surface area contributed by atoms with Gasteiger partial charge in [0.25, 0.3) is 0 Å². The molecule has 0 aromatic carbocycles. The van der Waals surface area contributed by atoms with E-state index >= 15 is 0 Å². The molecule has 0 amide bonds. The molecule has 0 saturated heterocycles. The van der Waals surface area contributed by atoms with E-state index in [0.29, 0.717) is 32.1 Å². The van der Waals surface area contributed by atoms with Crippen molar-refractivity contribution in [1.82, 2.24) is 0 Å². The van der Waals surface area contributed by atoms with Crippen molar-refractivity contribution in [2.75, 3.05) is 39.6 Å². The first-order chi connectivity index (χ1) is 49.7. The number of carbonyl (C=O) groups excluding carboxylic acids is 4. The Bertz CT molecular complexity index is 2600. The largest absolute Gasteiger partial charge is 0.472 e. The molecule has 0 aliphatic carbocycles. The van der Waals surface area contributed by atoms with E-state index in [1.807, 2.05) is 24.3 Å². The van der Waals surface area contributed by atoms with E-state index < -0.39 is 97.5 Å². The van der Waals surface area contributed by atoms with E-state index in [9.17, 15) is 43.2 Å². The highest BCUT2D eigenvalue weighted by atomic mass is 31.2. The maximum Gasteiger partial charge on any atom is 0.472 e. The standard InChI is InChI=1S/C83H134O17P2/c1-5-9-13-17-21-25-29-33-36-38-41-44-47-51-55-59-63-67-80(85)93-73-78(99-82(87)69-65-61-57-53-49-43-32-28-24-20-16-12-8-4)75-97-101(89,90)95-71-77(84)72-96-102(91,92)98-76-79(100-83(88)70-66-62-58-54-50-46-40-35-31-27-23-19-15-11-7-3)74-94-81(86)68-64-60-56-52-48-45-42-39-37-34-30-26-22-18-14-10-6-2/h9-11,13-15,21-23,25-27,33-37,40-42,44-45,50-51,54-55,62,66,77-79,84H,5-8,12,16-20,24,28-32,38-39,43,46-49,52-53,56-61,63-65,67-76H2,1-4H3,(H,89,90)(H,91,92)/b13-9-,14-10-,15-11-,25-21-,26-22-,27-23-,36-33-,37-34-,40-35-,44-41-,45-42-,54-50-,55-51-,66-62-. The Hall–Kier alpha value is -5.58. The van der Waals surface area contributed by atoms with Gasteiger partial charge in [-0.3, -0.25) is 37.3 Å². The van der Waals surface area contributed by atoms with E-state index in [1.165, 1.54) is 51.4 Å². The fourth-order valence-electron chi connectivity index (χ4n) is 9.50. The Morgan fingerprint density at radius 1 is 0.294 bits per heavy atom. The van der Waals surface area contributed by atoms with Gasteiger partial charge >= 0.3 is 39.5 Å². The molecule has 0 radical (unpaired) electrons. The third-order valence-electron chi connectivity index (χ3n) is 15.2. The summed E-state index contributed by atoms with van der Waals surface area (Å²) in [6, 6.07) is 0. The Morgan fingerprint density at radius 2 is 0.559 bits per heavy atom. The summed E-state index contributed by atoms with van der Waals surface area (Å²) in [7, 11) is -10.0. The molecule has 5 atom stereocenters. The molecule has 578 valence electrons. The minimum absolute atomic E-state index is 0.0770. The van der Waals surface area contributed by atoms with Crippen molar-refractivity contribution in [3.05, 3.63) is 170 Å². The van der Waals surface area contributed by atoms with Crippen molar-refractivity contribution in [3.63, 3.8) is 0 Å². The first-order valence-corrected chi connectivity index (χ1v) is 41.4. The van der Waals surface area contributed by atoms with Crippen molar-refractivity contribution in [1.29, 1.82) is 0 Å². The molecule has 3 N–H and O–H groups in total. The number of hydrogen-bond donors (Lipinski definition) is 3. The van der Waals surface area contributed by atoms with E-state index in [-0.39, 0.29) is 25.7 Å². The van der Waals surface area contributed by atoms with Crippen molar-refractivity contribution in [2.24, 2.45) is 0 Å². The minimum atomic E-state index is -5.02. The van der Waals surface area contributed by atoms with Gasteiger partial charge in [0.2, 0.25) is 0 Å². The van der Waals surface area contributed by atoms with Crippen LogP contribution in [0.1, 0.15) is 272 Å². The summed E-state index contributed by atoms with van der Waals surface area (Å²) in [5.41, 5.74) is 0. The monoisotopic (exact) mass is 1460 g/mol. The van der Waals surface area contributed by atoms with Crippen LogP contribution in [0.25, 0.3) is 0 Å². The summed E-state index contributed by atoms with van der Waals surface area (Å²) in [6.45, 7) is 4.30. The average Bonchev–Trinajstić information content (AvgIpc) is 0.908. The lowest BCUT2D eigenvalue weighted by atomic mass is 10.0. The predicted octanol–water partition coefficient (Wildman–Crippen LogP) is 22.2. The number of allylic oxidation sites excluding steroid dienone is 27. The summed E-state index contributed by atoms with van der Waals surface area (Å²) in [5, 5.41) is 10.6. The molecule has 0 saturated carbocycles. The van der Waals surface area contributed by atoms with Crippen LogP contribution in [0.4, 0.5) is 0 Å². The fourth-order valence-corrected chi connectivity index (χ4v) is 11.1. The van der Waals surface area contributed by atoms with Gasteiger partial charge in [-0.1, -0.05) is 288 Å². The highest BCUT2D eigenvalue weighted by Gasteiger charge is 2.30. The number of hydrogen-bond acceptors (Lipinski definition) is 15. The zero-order chi connectivity index (χ0) is 74.6. The van der Waals surface area contributed by atoms with Gasteiger partial charge < -0.3 is 33.8 Å². The van der Waals surface area contributed by atoms with Gasteiger partial charge in [0.05, 0.1) is 32.8 Å². The molecule has 0 heterocycles. The molecule has 0 spiro atoms. The van der Waals surface area contributed by atoms with Crippen molar-refractivity contribution in [3.8, 4) is 0 Å². The van der Waals surface area contributed by atoms with Crippen LogP contribution >= 0.6 is 15.6 Å².